The van der Waals surface area contributed by atoms with Crippen molar-refractivity contribution in [3.63, 3.8) is 0 Å². The monoisotopic (exact) mass is 329 g/mol. The van der Waals surface area contributed by atoms with Gasteiger partial charge in [-0.2, -0.15) is 0 Å². The van der Waals surface area contributed by atoms with Crippen LogP contribution in [0.2, 0.25) is 0 Å². The summed E-state index contributed by atoms with van der Waals surface area (Å²) in [5.41, 5.74) is 3.80. The molecular formula is C10H14Cl2FN3O4. The van der Waals surface area contributed by atoms with E-state index in [-0.39, 0.29) is 5.88 Å². The zero-order valence-electron chi connectivity index (χ0n) is 10.2. The first-order chi connectivity index (χ1) is 9.36. The summed E-state index contributed by atoms with van der Waals surface area (Å²) in [7, 11) is 0. The quantitative estimate of drug-likeness (QED) is 0.517. The minimum Gasteiger partial charge on any atom is -0.393 e. The summed E-state index contributed by atoms with van der Waals surface area (Å²) in [6, 6.07) is -0.731. The number of ether oxygens (including phenoxy) is 1. The Balaban J connectivity index is 2.28. The fourth-order valence-electron chi connectivity index (χ4n) is 2.05. The predicted molar refractivity (Wildman–Crippen MR) is 68.6 cm³/mol. The van der Waals surface area contributed by atoms with Gasteiger partial charge in [0.15, 0.2) is 12.1 Å². The van der Waals surface area contributed by atoms with E-state index in [0.29, 0.717) is 0 Å². The molecule has 2 aliphatic rings. The van der Waals surface area contributed by atoms with Crippen molar-refractivity contribution in [2.75, 3.05) is 12.5 Å². The van der Waals surface area contributed by atoms with E-state index in [0.717, 1.165) is 11.1 Å². The standard InChI is InChI=1S/C10H14Cl2FN3O4/c11-2-10(3-17)6(18)5(12)8(20-10)16-1-4(13)7(14)15-9(16)19/h1,5-8,17-18H,2-3,14H2,(H,15,19)/t5-,6+,7?,8?,10-/m1/s1. The number of urea groups is 1. The highest BCUT2D eigenvalue weighted by Gasteiger charge is 2.56. The lowest BCUT2D eigenvalue weighted by molar-refractivity contribution is -0.118. The molecule has 0 aromatic rings. The first kappa shape index (κ1) is 15.7. The number of aliphatic hydroxyl groups excluding tert-OH is 2. The highest BCUT2D eigenvalue weighted by Crippen LogP contribution is 2.37. The van der Waals surface area contributed by atoms with E-state index in [1.54, 1.807) is 0 Å². The summed E-state index contributed by atoms with van der Waals surface area (Å²) in [4.78, 5) is 12.6. The number of alkyl halides is 2. The number of rotatable bonds is 3. The van der Waals surface area contributed by atoms with Crippen LogP contribution in [-0.2, 0) is 4.74 Å². The maximum atomic E-state index is 13.5. The van der Waals surface area contributed by atoms with Crippen LogP contribution in [0, 0.1) is 0 Å². The summed E-state index contributed by atoms with van der Waals surface area (Å²) in [5.74, 6) is -1.04. The largest absolute Gasteiger partial charge is 0.393 e. The van der Waals surface area contributed by atoms with Gasteiger partial charge >= 0.3 is 6.03 Å². The second-order valence-electron chi connectivity index (χ2n) is 4.60. The van der Waals surface area contributed by atoms with E-state index in [4.69, 9.17) is 33.7 Å². The maximum Gasteiger partial charge on any atom is 0.325 e. The van der Waals surface area contributed by atoms with Crippen LogP contribution in [0.5, 0.6) is 0 Å². The van der Waals surface area contributed by atoms with E-state index < -0.39 is 47.9 Å². The fraction of sp³-hybridized carbons (Fsp3) is 0.700. The Morgan fingerprint density at radius 3 is 2.80 bits per heavy atom. The molecular weight excluding hydrogens is 316 g/mol. The molecule has 2 unspecified atom stereocenters. The number of nitrogens with one attached hydrogen (secondary N) is 1. The molecule has 5 atom stereocenters. The van der Waals surface area contributed by atoms with E-state index in [9.17, 15) is 19.4 Å². The molecule has 0 radical (unpaired) electrons. The number of aliphatic hydroxyl groups is 2. The van der Waals surface area contributed by atoms with Crippen molar-refractivity contribution < 1.29 is 24.1 Å². The molecule has 5 N–H and O–H groups in total. The Morgan fingerprint density at radius 1 is 1.65 bits per heavy atom. The zero-order chi connectivity index (χ0) is 15.1. The molecule has 2 amide bonds. The highest BCUT2D eigenvalue weighted by molar-refractivity contribution is 6.22. The lowest BCUT2D eigenvalue weighted by Gasteiger charge is -2.33. The molecule has 0 saturated carbocycles. The van der Waals surface area contributed by atoms with Crippen molar-refractivity contribution in [2.24, 2.45) is 5.73 Å². The van der Waals surface area contributed by atoms with Gasteiger partial charge in [0, 0.05) is 6.20 Å². The topological polar surface area (TPSA) is 108 Å². The fourth-order valence-corrected chi connectivity index (χ4v) is 2.76. The van der Waals surface area contributed by atoms with Gasteiger partial charge < -0.3 is 26.0 Å². The zero-order valence-corrected chi connectivity index (χ0v) is 11.7. The number of carbonyl (C=O) groups is 1. The van der Waals surface area contributed by atoms with E-state index in [2.05, 4.69) is 5.32 Å². The number of amides is 2. The van der Waals surface area contributed by atoms with Crippen LogP contribution in [0.3, 0.4) is 0 Å². The first-order valence-electron chi connectivity index (χ1n) is 5.74. The molecule has 0 aromatic heterocycles. The molecule has 0 spiro atoms. The van der Waals surface area contributed by atoms with Gasteiger partial charge in [0.05, 0.1) is 12.5 Å². The van der Waals surface area contributed by atoms with Gasteiger partial charge in [-0.25, -0.2) is 9.18 Å². The van der Waals surface area contributed by atoms with Crippen LogP contribution in [0.15, 0.2) is 12.0 Å². The molecule has 20 heavy (non-hydrogen) atoms. The molecule has 10 heteroatoms. The minimum atomic E-state index is -1.51. The molecule has 114 valence electrons. The molecule has 7 nitrogen and oxygen atoms in total. The van der Waals surface area contributed by atoms with Crippen molar-refractivity contribution >= 4 is 29.2 Å². The van der Waals surface area contributed by atoms with E-state index in [1.165, 1.54) is 0 Å². The second-order valence-corrected chi connectivity index (χ2v) is 5.37. The molecule has 1 saturated heterocycles. The Labute approximate surface area is 124 Å². The first-order valence-corrected chi connectivity index (χ1v) is 6.72. The third-order valence-corrected chi connectivity index (χ3v) is 4.22. The summed E-state index contributed by atoms with van der Waals surface area (Å²) < 4.78 is 18.9. The van der Waals surface area contributed by atoms with Crippen molar-refractivity contribution in [1.29, 1.82) is 0 Å². The van der Waals surface area contributed by atoms with Gasteiger partial charge in [0.25, 0.3) is 0 Å². The molecule has 0 aromatic carbocycles. The maximum absolute atomic E-state index is 13.5. The van der Waals surface area contributed by atoms with Crippen LogP contribution in [0.1, 0.15) is 0 Å². The van der Waals surface area contributed by atoms with Crippen molar-refractivity contribution in [2.45, 2.75) is 29.5 Å². The Kier molecular flexibility index (Phi) is 4.43. The Morgan fingerprint density at radius 2 is 2.30 bits per heavy atom. The number of nitrogens with zero attached hydrogens (tertiary/aromatic N) is 1. The number of hydrogen-bond acceptors (Lipinski definition) is 5. The molecule has 2 heterocycles. The highest BCUT2D eigenvalue weighted by atomic mass is 35.5. The third-order valence-electron chi connectivity index (χ3n) is 3.31. The van der Waals surface area contributed by atoms with Gasteiger partial charge in [-0.1, -0.05) is 0 Å². The van der Waals surface area contributed by atoms with Crippen molar-refractivity contribution in [1.82, 2.24) is 10.2 Å². The van der Waals surface area contributed by atoms with Crippen molar-refractivity contribution in [3.05, 3.63) is 12.0 Å². The third kappa shape index (κ3) is 2.36. The molecule has 0 aliphatic carbocycles. The van der Waals surface area contributed by atoms with Gasteiger partial charge in [-0.15, -0.1) is 23.2 Å². The summed E-state index contributed by atoms with van der Waals surface area (Å²) >= 11 is 11.7. The second kappa shape index (κ2) is 5.63. The molecule has 1 fully saturated rings. The predicted octanol–water partition coefficient (Wildman–Crippen LogP) is -0.598. The van der Waals surface area contributed by atoms with Gasteiger partial charge in [-0.3, -0.25) is 4.90 Å². The summed E-state index contributed by atoms with van der Waals surface area (Å²) in [6.07, 6.45) is -2.90. The SMILES string of the molecule is NC1NC(=O)N(C2O[C@@](CO)(CCl)[C@@H](O)[C@H]2Cl)C=C1F. The molecule has 2 rings (SSSR count). The van der Waals surface area contributed by atoms with Gasteiger partial charge in [0.2, 0.25) is 0 Å². The Bertz CT molecular complexity index is 435. The van der Waals surface area contributed by atoms with Gasteiger partial charge in [0.1, 0.15) is 23.2 Å². The van der Waals surface area contributed by atoms with Crippen LogP contribution >= 0.6 is 23.2 Å². The number of carbonyl (C=O) groups excluding carboxylic acids is 1. The Hall–Kier alpha value is -0.640. The number of halogens is 3. The van der Waals surface area contributed by atoms with Crippen molar-refractivity contribution in [3.8, 4) is 0 Å². The van der Waals surface area contributed by atoms with Crippen LogP contribution in [0.25, 0.3) is 0 Å². The van der Waals surface area contributed by atoms with E-state index >= 15 is 0 Å². The average molecular weight is 330 g/mol. The van der Waals surface area contributed by atoms with Crippen LogP contribution in [-0.4, -0.2) is 63.1 Å². The van der Waals surface area contributed by atoms with E-state index in [1.807, 2.05) is 0 Å². The number of hydrogen-bond donors (Lipinski definition) is 4. The lowest BCUT2D eigenvalue weighted by Crippen LogP contribution is -2.55. The summed E-state index contributed by atoms with van der Waals surface area (Å²) in [6.45, 7) is -0.599. The lowest BCUT2D eigenvalue weighted by atomic mass is 10.00. The number of nitrogens with two attached hydrogens (primary N) is 1. The van der Waals surface area contributed by atoms with Crippen LogP contribution < -0.4 is 11.1 Å². The molecule has 2 aliphatic heterocycles. The van der Waals surface area contributed by atoms with Gasteiger partial charge in [-0.05, 0) is 0 Å². The molecule has 0 bridgehead atoms. The average Bonchev–Trinajstić information content (AvgIpc) is 2.68. The minimum absolute atomic E-state index is 0.244. The normalized spacial score (nSPS) is 41.6. The van der Waals surface area contributed by atoms with Crippen LogP contribution in [0.4, 0.5) is 9.18 Å². The smallest absolute Gasteiger partial charge is 0.325 e. The summed E-state index contributed by atoms with van der Waals surface area (Å²) in [5, 5.41) is 20.4.